The van der Waals surface area contributed by atoms with Crippen molar-refractivity contribution in [1.82, 2.24) is 0 Å². The van der Waals surface area contributed by atoms with E-state index in [4.69, 9.17) is 14.2 Å². The smallest absolute Gasteiger partial charge is 0.394 e. The fourth-order valence-corrected chi connectivity index (χ4v) is 2.54. The second kappa shape index (κ2) is 6.14. The van der Waals surface area contributed by atoms with Crippen LogP contribution >= 0.6 is 0 Å². The zero-order chi connectivity index (χ0) is 15.7. The molecular formula is C6H12O12S2. The molecular weight excluding hydrogens is 328 g/mol. The molecule has 0 saturated carbocycles. The number of rotatable bonds is 5. The highest BCUT2D eigenvalue weighted by molar-refractivity contribution is 7.81. The Bertz CT molecular complexity index is 524. The molecule has 1 saturated heterocycles. The van der Waals surface area contributed by atoms with E-state index in [9.17, 15) is 27.0 Å². The predicted octanol–water partition coefficient (Wildman–Crippen LogP) is -3.57. The van der Waals surface area contributed by atoms with Crippen molar-refractivity contribution in [2.24, 2.45) is 0 Å². The van der Waals surface area contributed by atoms with Gasteiger partial charge in [-0.15, -0.1) is 0 Å². The van der Waals surface area contributed by atoms with Gasteiger partial charge in [-0.25, -0.2) is 8.37 Å². The Balaban J connectivity index is 3.09. The number of aliphatic hydroxyl groups excluding tert-OH is 3. The molecule has 1 aliphatic rings. The highest BCUT2D eigenvalue weighted by Crippen LogP contribution is 2.26. The largest absolute Gasteiger partial charge is 0.397 e. The normalized spacial score (nSPS) is 36.0. The van der Waals surface area contributed by atoms with E-state index in [1.165, 1.54) is 0 Å². The molecule has 0 aromatic carbocycles. The van der Waals surface area contributed by atoms with Crippen LogP contribution in [-0.4, -0.2) is 78.6 Å². The van der Waals surface area contributed by atoms with Crippen molar-refractivity contribution < 1.29 is 54.4 Å². The summed E-state index contributed by atoms with van der Waals surface area (Å²) in [5, 5.41) is 27.9. The zero-order valence-electron chi connectivity index (χ0n) is 9.50. The molecule has 120 valence electrons. The molecule has 0 aliphatic carbocycles. The third-order valence-corrected chi connectivity index (χ3v) is 3.21. The lowest BCUT2D eigenvalue weighted by atomic mass is 9.99. The maximum Gasteiger partial charge on any atom is 0.397 e. The summed E-state index contributed by atoms with van der Waals surface area (Å²) < 4.78 is 71.9. The minimum absolute atomic E-state index is 0.887. The molecule has 1 heterocycles. The molecule has 0 amide bonds. The fraction of sp³-hybridized carbons (Fsp3) is 1.00. The molecule has 0 bridgehead atoms. The van der Waals surface area contributed by atoms with E-state index in [1.807, 2.05) is 0 Å². The monoisotopic (exact) mass is 340 g/mol. The molecule has 5 atom stereocenters. The van der Waals surface area contributed by atoms with Crippen LogP contribution in [0.15, 0.2) is 0 Å². The molecule has 14 heteroatoms. The predicted molar refractivity (Wildman–Crippen MR) is 56.8 cm³/mol. The molecule has 0 radical (unpaired) electrons. The van der Waals surface area contributed by atoms with Crippen LogP contribution in [0.4, 0.5) is 0 Å². The van der Waals surface area contributed by atoms with Gasteiger partial charge in [0.05, 0.1) is 6.61 Å². The summed E-state index contributed by atoms with van der Waals surface area (Å²) in [5.74, 6) is 0. The second-order valence-electron chi connectivity index (χ2n) is 3.72. The van der Waals surface area contributed by atoms with Crippen molar-refractivity contribution in [3.05, 3.63) is 0 Å². The van der Waals surface area contributed by atoms with Crippen LogP contribution in [0.2, 0.25) is 0 Å². The van der Waals surface area contributed by atoms with Gasteiger partial charge >= 0.3 is 20.8 Å². The zero-order valence-corrected chi connectivity index (χ0v) is 11.1. The lowest BCUT2D eigenvalue weighted by Gasteiger charge is -2.39. The average Bonchev–Trinajstić information content (AvgIpc) is 2.25. The summed E-state index contributed by atoms with van der Waals surface area (Å²) in [4.78, 5) is 0. The highest BCUT2D eigenvalue weighted by Gasteiger charge is 2.49. The molecule has 0 unspecified atom stereocenters. The van der Waals surface area contributed by atoms with Gasteiger partial charge in [0, 0.05) is 0 Å². The Morgan fingerprint density at radius 1 is 0.950 bits per heavy atom. The van der Waals surface area contributed by atoms with Gasteiger partial charge in [0.2, 0.25) is 0 Å². The van der Waals surface area contributed by atoms with Crippen molar-refractivity contribution in [3.8, 4) is 0 Å². The summed E-state index contributed by atoms with van der Waals surface area (Å²) in [6.45, 7) is -0.887. The molecule has 0 aromatic heterocycles. The minimum Gasteiger partial charge on any atom is -0.394 e. The highest BCUT2D eigenvalue weighted by atomic mass is 32.3. The fourth-order valence-electron chi connectivity index (χ4n) is 1.55. The molecule has 20 heavy (non-hydrogen) atoms. The second-order valence-corrected chi connectivity index (χ2v) is 5.81. The van der Waals surface area contributed by atoms with Crippen LogP contribution in [0, 0.1) is 0 Å². The number of hydrogen-bond donors (Lipinski definition) is 5. The van der Waals surface area contributed by atoms with Gasteiger partial charge in [-0.3, -0.25) is 9.11 Å². The average molecular weight is 340 g/mol. The van der Waals surface area contributed by atoms with E-state index in [0.717, 1.165) is 0 Å². The van der Waals surface area contributed by atoms with Crippen LogP contribution in [-0.2, 0) is 33.9 Å². The van der Waals surface area contributed by atoms with E-state index < -0.39 is 58.1 Å². The first-order chi connectivity index (χ1) is 8.94. The van der Waals surface area contributed by atoms with Gasteiger partial charge in [0.25, 0.3) is 0 Å². The third-order valence-electron chi connectivity index (χ3n) is 2.28. The number of hydrogen-bond acceptors (Lipinski definition) is 10. The summed E-state index contributed by atoms with van der Waals surface area (Å²) in [6, 6.07) is 0. The molecule has 0 aromatic rings. The van der Waals surface area contributed by atoms with Crippen LogP contribution in [0.25, 0.3) is 0 Å². The summed E-state index contributed by atoms with van der Waals surface area (Å²) in [6.07, 6.45) is -10.1. The lowest BCUT2D eigenvalue weighted by molar-refractivity contribution is -0.276. The van der Waals surface area contributed by atoms with Crippen LogP contribution in [0.5, 0.6) is 0 Å². The standard InChI is InChI=1S/C6H12O12S2/c7-1-2-3(8)4(17-19(10,11)12)5(6(9)16-2)18-20(13,14)15/h2-9H,1H2,(H,10,11,12)(H,13,14,15)/t2-,3-,4+,5-,6-/m0/s1. The minimum atomic E-state index is -5.16. The molecule has 12 nitrogen and oxygen atoms in total. The van der Waals surface area contributed by atoms with E-state index in [1.54, 1.807) is 0 Å². The van der Waals surface area contributed by atoms with Crippen LogP contribution in [0.1, 0.15) is 0 Å². The first-order valence-corrected chi connectivity index (χ1v) is 7.61. The van der Waals surface area contributed by atoms with E-state index in [2.05, 4.69) is 13.1 Å². The summed E-state index contributed by atoms with van der Waals surface area (Å²) >= 11 is 0. The van der Waals surface area contributed by atoms with E-state index >= 15 is 0 Å². The molecule has 1 rings (SSSR count). The lowest BCUT2D eigenvalue weighted by Crippen LogP contribution is -2.61. The van der Waals surface area contributed by atoms with E-state index in [-0.39, 0.29) is 0 Å². The first-order valence-electron chi connectivity index (χ1n) is 4.88. The van der Waals surface area contributed by atoms with Gasteiger partial charge in [0.15, 0.2) is 12.4 Å². The van der Waals surface area contributed by atoms with Gasteiger partial charge in [0.1, 0.15) is 18.3 Å². The molecule has 5 N–H and O–H groups in total. The molecule has 1 aliphatic heterocycles. The van der Waals surface area contributed by atoms with Crippen molar-refractivity contribution >= 4 is 20.8 Å². The third kappa shape index (κ3) is 4.85. The van der Waals surface area contributed by atoms with Crippen LogP contribution in [0.3, 0.4) is 0 Å². The van der Waals surface area contributed by atoms with Gasteiger partial charge in [-0.2, -0.15) is 16.8 Å². The van der Waals surface area contributed by atoms with Crippen molar-refractivity contribution in [1.29, 1.82) is 0 Å². The Morgan fingerprint density at radius 3 is 1.80 bits per heavy atom. The maximum atomic E-state index is 10.6. The van der Waals surface area contributed by atoms with Crippen LogP contribution < -0.4 is 0 Å². The summed E-state index contributed by atoms with van der Waals surface area (Å²) in [5.41, 5.74) is 0. The van der Waals surface area contributed by atoms with Gasteiger partial charge in [-0.1, -0.05) is 0 Å². The van der Waals surface area contributed by atoms with Crippen molar-refractivity contribution in [2.45, 2.75) is 30.7 Å². The first kappa shape index (κ1) is 17.6. The van der Waals surface area contributed by atoms with Crippen molar-refractivity contribution in [2.75, 3.05) is 6.61 Å². The number of ether oxygens (including phenoxy) is 1. The molecule has 1 fully saturated rings. The summed E-state index contributed by atoms with van der Waals surface area (Å²) in [7, 11) is -10.3. The Morgan fingerprint density at radius 2 is 1.40 bits per heavy atom. The Labute approximate surface area is 113 Å². The Hall–Kier alpha value is -0.420. The van der Waals surface area contributed by atoms with Gasteiger partial charge in [-0.05, 0) is 0 Å². The SMILES string of the molecule is O=S(=O)(O)O[C@@H]1[C@@H](O)[C@H](CO)O[C@H](O)[C@H]1OS(=O)(=O)O. The Kier molecular flexibility index (Phi) is 5.41. The van der Waals surface area contributed by atoms with Gasteiger partial charge < -0.3 is 20.1 Å². The number of aliphatic hydroxyl groups is 3. The topological polar surface area (TPSA) is 197 Å². The molecule has 0 spiro atoms. The quantitative estimate of drug-likeness (QED) is 0.309. The maximum absolute atomic E-state index is 10.6. The van der Waals surface area contributed by atoms with E-state index in [0.29, 0.717) is 0 Å². The van der Waals surface area contributed by atoms with Crippen molar-refractivity contribution in [3.63, 3.8) is 0 Å².